The topological polar surface area (TPSA) is 12.5 Å². The molecule has 2 rings (SSSR count). The van der Waals surface area contributed by atoms with Gasteiger partial charge in [0.15, 0.2) is 0 Å². The van der Waals surface area contributed by atoms with E-state index < -0.39 is 0 Å². The van der Waals surface area contributed by atoms with E-state index in [-0.39, 0.29) is 0 Å². The first kappa shape index (κ1) is 10.4. The summed E-state index contributed by atoms with van der Waals surface area (Å²) in [7, 11) is 1.84. The minimum Gasteiger partial charge on any atom is -0.381 e. The highest BCUT2D eigenvalue weighted by molar-refractivity contribution is 4.89. The highest BCUT2D eigenvalue weighted by Crippen LogP contribution is 2.31. The molecule has 2 aliphatic rings. The molecule has 0 aromatic rings. The van der Waals surface area contributed by atoms with E-state index in [1.807, 2.05) is 7.11 Å². The van der Waals surface area contributed by atoms with Crippen LogP contribution in [0.15, 0.2) is 0 Å². The molecule has 0 atom stereocenters. The first-order chi connectivity index (χ1) is 6.83. The second-order valence-electron chi connectivity index (χ2n) is 4.87. The summed E-state index contributed by atoms with van der Waals surface area (Å²) in [6.07, 6.45) is 7.32. The Hall–Kier alpha value is -0.0800. The average molecular weight is 197 g/mol. The summed E-state index contributed by atoms with van der Waals surface area (Å²) in [5.41, 5.74) is 0. The molecule has 0 bridgehead atoms. The quantitative estimate of drug-likeness (QED) is 0.688. The monoisotopic (exact) mass is 197 g/mol. The Bertz CT molecular complexity index is 169. The third-order valence-corrected chi connectivity index (χ3v) is 4.15. The minimum absolute atomic E-state index is 0.559. The summed E-state index contributed by atoms with van der Waals surface area (Å²) in [6, 6.07) is 0.845. The van der Waals surface area contributed by atoms with Gasteiger partial charge in [0.2, 0.25) is 0 Å². The number of hydrogen-bond donors (Lipinski definition) is 0. The lowest BCUT2D eigenvalue weighted by Crippen LogP contribution is -2.50. The van der Waals surface area contributed by atoms with Crippen LogP contribution in [-0.2, 0) is 4.74 Å². The average Bonchev–Trinajstić information content (AvgIpc) is 2.17. The third kappa shape index (κ3) is 2.12. The van der Waals surface area contributed by atoms with Crippen molar-refractivity contribution in [3.05, 3.63) is 0 Å². The summed E-state index contributed by atoms with van der Waals surface area (Å²) in [5, 5.41) is 0. The Kier molecular flexibility index (Phi) is 3.45. The van der Waals surface area contributed by atoms with Crippen LogP contribution in [0.5, 0.6) is 0 Å². The maximum absolute atomic E-state index is 5.32. The molecule has 1 saturated heterocycles. The van der Waals surface area contributed by atoms with Crippen LogP contribution in [0.1, 0.15) is 39.0 Å². The zero-order valence-electron chi connectivity index (χ0n) is 9.54. The largest absolute Gasteiger partial charge is 0.381 e. The SMILES string of the molecule is CCC1CCN(C2CC(OC)C2)CC1. The third-order valence-electron chi connectivity index (χ3n) is 4.15. The van der Waals surface area contributed by atoms with E-state index in [1.54, 1.807) is 0 Å². The smallest absolute Gasteiger partial charge is 0.0601 e. The van der Waals surface area contributed by atoms with Crippen molar-refractivity contribution in [1.29, 1.82) is 0 Å². The maximum Gasteiger partial charge on any atom is 0.0601 e. The standard InChI is InChI=1S/C12H23NO/c1-3-10-4-6-13(7-5-10)11-8-12(9-11)14-2/h10-12H,3-9H2,1-2H3. The van der Waals surface area contributed by atoms with Gasteiger partial charge in [-0.15, -0.1) is 0 Å². The summed E-state index contributed by atoms with van der Waals surface area (Å²) in [5.74, 6) is 1.00. The molecular weight excluding hydrogens is 174 g/mol. The first-order valence-corrected chi connectivity index (χ1v) is 6.10. The van der Waals surface area contributed by atoms with Crippen molar-refractivity contribution in [2.24, 2.45) is 5.92 Å². The van der Waals surface area contributed by atoms with E-state index >= 15 is 0 Å². The van der Waals surface area contributed by atoms with Gasteiger partial charge in [-0.2, -0.15) is 0 Å². The molecular formula is C12H23NO. The van der Waals surface area contributed by atoms with Crippen LogP contribution in [0, 0.1) is 5.92 Å². The van der Waals surface area contributed by atoms with Crippen LogP contribution in [0.25, 0.3) is 0 Å². The summed E-state index contributed by atoms with van der Waals surface area (Å²) in [6.45, 7) is 4.99. The predicted molar refractivity (Wildman–Crippen MR) is 58.4 cm³/mol. The Morgan fingerprint density at radius 2 is 1.86 bits per heavy atom. The molecule has 0 radical (unpaired) electrons. The fraction of sp³-hybridized carbons (Fsp3) is 1.00. The number of hydrogen-bond acceptors (Lipinski definition) is 2. The lowest BCUT2D eigenvalue weighted by atomic mass is 9.85. The zero-order chi connectivity index (χ0) is 9.97. The van der Waals surface area contributed by atoms with Gasteiger partial charge in [-0.05, 0) is 44.7 Å². The van der Waals surface area contributed by atoms with Crippen molar-refractivity contribution < 1.29 is 4.74 Å². The van der Waals surface area contributed by atoms with Gasteiger partial charge in [0.1, 0.15) is 0 Å². The fourth-order valence-corrected chi connectivity index (χ4v) is 2.75. The summed E-state index contributed by atoms with van der Waals surface area (Å²) >= 11 is 0. The van der Waals surface area contributed by atoms with Gasteiger partial charge in [-0.25, -0.2) is 0 Å². The summed E-state index contributed by atoms with van der Waals surface area (Å²) < 4.78 is 5.32. The molecule has 1 saturated carbocycles. The van der Waals surface area contributed by atoms with E-state index in [2.05, 4.69) is 11.8 Å². The molecule has 14 heavy (non-hydrogen) atoms. The Balaban J connectivity index is 1.69. The molecule has 0 aromatic heterocycles. The highest BCUT2D eigenvalue weighted by atomic mass is 16.5. The van der Waals surface area contributed by atoms with Crippen molar-refractivity contribution in [2.45, 2.75) is 51.2 Å². The molecule has 82 valence electrons. The van der Waals surface area contributed by atoms with Crippen molar-refractivity contribution >= 4 is 0 Å². The number of methoxy groups -OCH3 is 1. The van der Waals surface area contributed by atoms with E-state index in [4.69, 9.17) is 4.74 Å². The van der Waals surface area contributed by atoms with E-state index in [0.717, 1.165) is 12.0 Å². The van der Waals surface area contributed by atoms with Crippen LogP contribution < -0.4 is 0 Å². The van der Waals surface area contributed by atoms with Gasteiger partial charge in [-0.1, -0.05) is 13.3 Å². The fourth-order valence-electron chi connectivity index (χ4n) is 2.75. The van der Waals surface area contributed by atoms with Crippen molar-refractivity contribution in [3.8, 4) is 0 Å². The second-order valence-corrected chi connectivity index (χ2v) is 4.87. The van der Waals surface area contributed by atoms with Gasteiger partial charge in [0, 0.05) is 13.2 Å². The van der Waals surface area contributed by atoms with Crippen molar-refractivity contribution in [3.63, 3.8) is 0 Å². The molecule has 2 fully saturated rings. The number of nitrogens with zero attached hydrogens (tertiary/aromatic N) is 1. The molecule has 0 amide bonds. The van der Waals surface area contributed by atoms with E-state index in [0.29, 0.717) is 6.10 Å². The molecule has 1 heterocycles. The zero-order valence-corrected chi connectivity index (χ0v) is 9.54. The molecule has 2 nitrogen and oxygen atoms in total. The predicted octanol–water partition coefficient (Wildman–Crippen LogP) is 2.29. The van der Waals surface area contributed by atoms with Crippen molar-refractivity contribution in [1.82, 2.24) is 4.90 Å². The van der Waals surface area contributed by atoms with Crippen LogP contribution in [0.3, 0.4) is 0 Å². The van der Waals surface area contributed by atoms with Crippen LogP contribution in [0.2, 0.25) is 0 Å². The normalized spacial score (nSPS) is 35.6. The number of likely N-dealkylation sites (tertiary alicyclic amines) is 1. The van der Waals surface area contributed by atoms with Gasteiger partial charge >= 0.3 is 0 Å². The second kappa shape index (κ2) is 4.63. The molecule has 1 aliphatic carbocycles. The molecule has 0 aromatic carbocycles. The van der Waals surface area contributed by atoms with Gasteiger partial charge in [0.25, 0.3) is 0 Å². The number of piperidine rings is 1. The van der Waals surface area contributed by atoms with Crippen LogP contribution >= 0.6 is 0 Å². The molecule has 0 unspecified atom stereocenters. The van der Waals surface area contributed by atoms with Gasteiger partial charge < -0.3 is 9.64 Å². The lowest BCUT2D eigenvalue weighted by Gasteiger charge is -2.45. The molecule has 0 spiro atoms. The lowest BCUT2D eigenvalue weighted by molar-refractivity contribution is -0.0363. The Morgan fingerprint density at radius 3 is 2.36 bits per heavy atom. The molecule has 0 N–H and O–H groups in total. The van der Waals surface area contributed by atoms with Crippen LogP contribution in [0.4, 0.5) is 0 Å². The highest BCUT2D eigenvalue weighted by Gasteiger charge is 2.34. The van der Waals surface area contributed by atoms with Crippen LogP contribution in [-0.4, -0.2) is 37.2 Å². The number of ether oxygens (including phenoxy) is 1. The summed E-state index contributed by atoms with van der Waals surface area (Å²) in [4.78, 5) is 2.68. The van der Waals surface area contributed by atoms with Crippen molar-refractivity contribution in [2.75, 3.05) is 20.2 Å². The Morgan fingerprint density at radius 1 is 1.21 bits per heavy atom. The van der Waals surface area contributed by atoms with Gasteiger partial charge in [0.05, 0.1) is 6.10 Å². The maximum atomic E-state index is 5.32. The molecule has 1 aliphatic heterocycles. The van der Waals surface area contributed by atoms with E-state index in [9.17, 15) is 0 Å². The Labute approximate surface area is 87.6 Å². The van der Waals surface area contributed by atoms with Gasteiger partial charge in [-0.3, -0.25) is 0 Å². The van der Waals surface area contributed by atoms with E-state index in [1.165, 1.54) is 45.2 Å². The first-order valence-electron chi connectivity index (χ1n) is 6.10. The molecule has 2 heteroatoms. The minimum atomic E-state index is 0.559. The number of rotatable bonds is 3.